The molecule has 1 amide bonds. The van der Waals surface area contributed by atoms with E-state index < -0.39 is 0 Å². The Hall–Kier alpha value is -1.88. The molecular weight excluding hydrogens is 306 g/mol. The second-order valence-corrected chi connectivity index (χ2v) is 5.23. The van der Waals surface area contributed by atoms with E-state index in [1.54, 1.807) is 18.3 Å². The molecule has 0 aliphatic heterocycles. The van der Waals surface area contributed by atoms with Gasteiger partial charge in [-0.25, -0.2) is 0 Å². The number of aryl methyl sites for hydroxylation is 1. The number of anilines is 2. The molecular formula is C14H14BrN3O. The van der Waals surface area contributed by atoms with Gasteiger partial charge in [-0.2, -0.15) is 0 Å². The first-order valence-electron chi connectivity index (χ1n) is 5.77. The smallest absolute Gasteiger partial charge is 0.256 e. The number of amides is 1. The van der Waals surface area contributed by atoms with Crippen molar-refractivity contribution in [1.29, 1.82) is 0 Å². The van der Waals surface area contributed by atoms with Gasteiger partial charge in [-0.05, 0) is 43.7 Å². The highest BCUT2D eigenvalue weighted by Gasteiger charge is 2.12. The minimum atomic E-state index is -0.198. The molecule has 3 N–H and O–H groups in total. The first kappa shape index (κ1) is 13.5. The number of pyridine rings is 1. The molecule has 5 heteroatoms. The summed E-state index contributed by atoms with van der Waals surface area (Å²) in [6, 6.07) is 7.19. The first-order chi connectivity index (χ1) is 8.97. The number of nitrogens with zero attached hydrogens (tertiary/aromatic N) is 1. The third-order valence-electron chi connectivity index (χ3n) is 2.83. The fraction of sp³-hybridized carbons (Fsp3) is 0.143. The summed E-state index contributed by atoms with van der Waals surface area (Å²) in [7, 11) is 0. The van der Waals surface area contributed by atoms with Crippen LogP contribution in [0.4, 0.5) is 11.4 Å². The van der Waals surface area contributed by atoms with E-state index in [0.29, 0.717) is 16.9 Å². The van der Waals surface area contributed by atoms with Gasteiger partial charge in [0.25, 0.3) is 5.91 Å². The zero-order valence-electron chi connectivity index (χ0n) is 10.7. The Balaban J connectivity index is 2.27. The van der Waals surface area contributed by atoms with Gasteiger partial charge in [-0.1, -0.05) is 15.9 Å². The summed E-state index contributed by atoms with van der Waals surface area (Å²) in [6.07, 6.45) is 1.63. The molecule has 0 saturated carbocycles. The van der Waals surface area contributed by atoms with Crippen LogP contribution in [-0.2, 0) is 0 Å². The van der Waals surface area contributed by atoms with E-state index in [-0.39, 0.29) is 5.91 Å². The molecule has 1 aromatic carbocycles. The summed E-state index contributed by atoms with van der Waals surface area (Å²) in [5, 5.41) is 2.80. The van der Waals surface area contributed by atoms with Gasteiger partial charge in [0, 0.05) is 21.4 Å². The van der Waals surface area contributed by atoms with Gasteiger partial charge in [0.15, 0.2) is 0 Å². The lowest BCUT2D eigenvalue weighted by Crippen LogP contribution is -2.14. The molecule has 1 aromatic heterocycles. The molecule has 0 aliphatic carbocycles. The van der Waals surface area contributed by atoms with Crippen LogP contribution in [-0.4, -0.2) is 10.9 Å². The van der Waals surface area contributed by atoms with Crippen molar-refractivity contribution in [2.45, 2.75) is 13.8 Å². The minimum Gasteiger partial charge on any atom is -0.398 e. The molecule has 0 bridgehead atoms. The van der Waals surface area contributed by atoms with Gasteiger partial charge in [-0.15, -0.1) is 0 Å². The number of nitrogens with one attached hydrogen (secondary N) is 1. The van der Waals surface area contributed by atoms with E-state index in [0.717, 1.165) is 15.7 Å². The number of rotatable bonds is 2. The average molecular weight is 320 g/mol. The van der Waals surface area contributed by atoms with Crippen molar-refractivity contribution in [3.05, 3.63) is 51.8 Å². The number of carbonyl (C=O) groups excluding carboxylic acids is 1. The number of halogens is 1. The second kappa shape index (κ2) is 5.40. The fourth-order valence-electron chi connectivity index (χ4n) is 1.68. The number of nitrogen functional groups attached to an aromatic ring is 1. The Kier molecular flexibility index (Phi) is 3.85. The molecule has 0 unspecified atom stereocenters. The zero-order valence-corrected chi connectivity index (χ0v) is 12.3. The average Bonchev–Trinajstić information content (AvgIpc) is 2.36. The molecule has 19 heavy (non-hydrogen) atoms. The molecule has 0 atom stereocenters. The van der Waals surface area contributed by atoms with Crippen LogP contribution >= 0.6 is 15.9 Å². The lowest BCUT2D eigenvalue weighted by molar-refractivity contribution is 0.102. The van der Waals surface area contributed by atoms with Crippen LogP contribution in [0.5, 0.6) is 0 Å². The summed E-state index contributed by atoms with van der Waals surface area (Å²) >= 11 is 3.34. The Morgan fingerprint density at radius 2 is 2.05 bits per heavy atom. The van der Waals surface area contributed by atoms with Crippen LogP contribution in [0.2, 0.25) is 0 Å². The van der Waals surface area contributed by atoms with E-state index in [1.807, 2.05) is 26.0 Å². The quantitative estimate of drug-likeness (QED) is 0.834. The highest BCUT2D eigenvalue weighted by Crippen LogP contribution is 2.23. The Morgan fingerprint density at radius 1 is 1.32 bits per heavy atom. The Labute approximate surface area is 120 Å². The van der Waals surface area contributed by atoms with Crippen molar-refractivity contribution in [2.24, 2.45) is 0 Å². The summed E-state index contributed by atoms with van der Waals surface area (Å²) in [5.41, 5.74) is 9.31. The molecule has 0 radical (unpaired) electrons. The monoisotopic (exact) mass is 319 g/mol. The van der Waals surface area contributed by atoms with Crippen molar-refractivity contribution < 1.29 is 4.79 Å². The maximum Gasteiger partial charge on any atom is 0.256 e. The third-order valence-corrected chi connectivity index (χ3v) is 3.28. The van der Waals surface area contributed by atoms with Crippen molar-refractivity contribution in [3.8, 4) is 0 Å². The zero-order chi connectivity index (χ0) is 14.0. The van der Waals surface area contributed by atoms with Crippen LogP contribution in [0.1, 0.15) is 21.6 Å². The number of hydrogen-bond acceptors (Lipinski definition) is 3. The molecule has 2 aromatic rings. The normalized spacial score (nSPS) is 10.3. The summed E-state index contributed by atoms with van der Waals surface area (Å²) in [5.74, 6) is -0.198. The van der Waals surface area contributed by atoms with Crippen molar-refractivity contribution in [2.75, 3.05) is 11.1 Å². The largest absolute Gasteiger partial charge is 0.398 e. The van der Waals surface area contributed by atoms with Crippen LogP contribution < -0.4 is 11.1 Å². The highest BCUT2D eigenvalue weighted by atomic mass is 79.9. The van der Waals surface area contributed by atoms with E-state index in [2.05, 4.69) is 26.2 Å². The molecule has 0 fully saturated rings. The molecule has 0 aliphatic rings. The van der Waals surface area contributed by atoms with E-state index in [4.69, 9.17) is 5.73 Å². The summed E-state index contributed by atoms with van der Waals surface area (Å²) in [4.78, 5) is 16.3. The van der Waals surface area contributed by atoms with Crippen LogP contribution in [0.3, 0.4) is 0 Å². The van der Waals surface area contributed by atoms with Gasteiger partial charge in [0.05, 0.1) is 11.9 Å². The molecule has 0 saturated heterocycles. The lowest BCUT2D eigenvalue weighted by atomic mass is 10.1. The van der Waals surface area contributed by atoms with E-state index >= 15 is 0 Å². The number of benzene rings is 1. The molecule has 98 valence electrons. The lowest BCUT2D eigenvalue weighted by Gasteiger charge is -2.10. The fourth-order valence-corrected chi connectivity index (χ4v) is 2.15. The minimum absolute atomic E-state index is 0.198. The molecule has 0 spiro atoms. The van der Waals surface area contributed by atoms with Crippen molar-refractivity contribution in [1.82, 2.24) is 4.98 Å². The van der Waals surface area contributed by atoms with E-state index in [9.17, 15) is 4.79 Å². The molecule has 1 heterocycles. The number of nitrogens with two attached hydrogens (primary N) is 1. The third kappa shape index (κ3) is 3.12. The highest BCUT2D eigenvalue weighted by molar-refractivity contribution is 9.10. The van der Waals surface area contributed by atoms with Crippen LogP contribution in [0.25, 0.3) is 0 Å². The predicted molar refractivity (Wildman–Crippen MR) is 80.2 cm³/mol. The maximum atomic E-state index is 12.2. The van der Waals surface area contributed by atoms with Gasteiger partial charge in [0.1, 0.15) is 0 Å². The topological polar surface area (TPSA) is 68.0 Å². The van der Waals surface area contributed by atoms with Gasteiger partial charge >= 0.3 is 0 Å². The second-order valence-electron chi connectivity index (χ2n) is 4.31. The first-order valence-corrected chi connectivity index (χ1v) is 6.56. The standard InChI is InChI=1S/C14H14BrN3O/c1-8-3-4-11(7-17-8)18-14(19)12-5-10(15)6-13(16)9(12)2/h3-7H,16H2,1-2H3,(H,18,19). The molecule has 4 nitrogen and oxygen atoms in total. The van der Waals surface area contributed by atoms with Crippen LogP contribution in [0.15, 0.2) is 34.9 Å². The van der Waals surface area contributed by atoms with Crippen molar-refractivity contribution >= 4 is 33.2 Å². The Bertz CT molecular complexity index is 623. The van der Waals surface area contributed by atoms with Gasteiger partial charge in [0.2, 0.25) is 0 Å². The van der Waals surface area contributed by atoms with Crippen molar-refractivity contribution in [3.63, 3.8) is 0 Å². The number of carbonyl (C=O) groups is 1. The van der Waals surface area contributed by atoms with Gasteiger partial charge < -0.3 is 11.1 Å². The Morgan fingerprint density at radius 3 is 2.68 bits per heavy atom. The maximum absolute atomic E-state index is 12.2. The molecule has 2 rings (SSSR count). The van der Waals surface area contributed by atoms with Gasteiger partial charge in [-0.3, -0.25) is 9.78 Å². The summed E-state index contributed by atoms with van der Waals surface area (Å²) in [6.45, 7) is 3.72. The summed E-state index contributed by atoms with van der Waals surface area (Å²) < 4.78 is 0.780. The predicted octanol–water partition coefficient (Wildman–Crippen LogP) is 3.30. The number of aromatic nitrogens is 1. The van der Waals surface area contributed by atoms with Crippen LogP contribution in [0, 0.1) is 13.8 Å². The SMILES string of the molecule is Cc1ccc(NC(=O)c2cc(Br)cc(N)c2C)cn1. The number of hydrogen-bond donors (Lipinski definition) is 2. The van der Waals surface area contributed by atoms with E-state index in [1.165, 1.54) is 0 Å².